The molecule has 2 rings (SSSR count). The molecule has 0 radical (unpaired) electrons. The zero-order valence-corrected chi connectivity index (χ0v) is 20.8. The first-order valence-corrected chi connectivity index (χ1v) is 10.3. The Labute approximate surface area is 193 Å². The first-order chi connectivity index (χ1) is 13.9. The van der Waals surface area contributed by atoms with Gasteiger partial charge in [-0.1, -0.05) is 90.1 Å². The van der Waals surface area contributed by atoms with E-state index in [1.165, 1.54) is 11.1 Å². The molecule has 0 saturated carbocycles. The number of halogens is 1. The molecular formula is C25H36ClN5. The van der Waals surface area contributed by atoms with E-state index in [0.29, 0.717) is 0 Å². The Bertz CT molecular complexity index is 941. The van der Waals surface area contributed by atoms with Crippen LogP contribution in [-0.2, 0) is 10.8 Å². The molecular weight excluding hydrogens is 406 g/mol. The predicted molar refractivity (Wildman–Crippen MR) is 137 cm³/mol. The molecule has 0 unspecified atom stereocenters. The van der Waals surface area contributed by atoms with Crippen LogP contribution in [0.4, 0.5) is 0 Å². The summed E-state index contributed by atoms with van der Waals surface area (Å²) >= 11 is 0. The largest absolute Gasteiger partial charge is 0.367 e. The van der Waals surface area contributed by atoms with Crippen LogP contribution >= 0.6 is 12.4 Å². The van der Waals surface area contributed by atoms with Crippen molar-refractivity contribution in [1.82, 2.24) is 5.43 Å². The van der Waals surface area contributed by atoms with Gasteiger partial charge in [-0.2, -0.15) is 10.2 Å². The Hall–Kier alpha value is -2.66. The zero-order chi connectivity index (χ0) is 22.5. The van der Waals surface area contributed by atoms with Gasteiger partial charge in [-0.15, -0.1) is 17.5 Å². The van der Waals surface area contributed by atoms with E-state index in [4.69, 9.17) is 5.73 Å². The van der Waals surface area contributed by atoms with Gasteiger partial charge in [0.25, 0.3) is 0 Å². The van der Waals surface area contributed by atoms with Crippen LogP contribution in [0.5, 0.6) is 0 Å². The molecule has 5 nitrogen and oxygen atoms in total. The minimum absolute atomic E-state index is 0. The first-order valence-electron chi connectivity index (χ1n) is 10.3. The maximum Gasteiger partial charge on any atom is 0.234 e. The molecule has 31 heavy (non-hydrogen) atoms. The molecule has 0 atom stereocenters. The van der Waals surface area contributed by atoms with Gasteiger partial charge >= 0.3 is 0 Å². The lowest BCUT2D eigenvalue weighted by atomic mass is 9.86. The van der Waals surface area contributed by atoms with E-state index in [0.717, 1.165) is 22.6 Å². The quantitative estimate of drug-likeness (QED) is 0.359. The number of nitrogens with one attached hydrogen (secondary N) is 1. The molecule has 0 bridgehead atoms. The van der Waals surface area contributed by atoms with Crippen molar-refractivity contribution in [2.45, 2.75) is 66.2 Å². The lowest BCUT2D eigenvalue weighted by Crippen LogP contribution is -2.28. The second-order valence-corrected chi connectivity index (χ2v) is 9.63. The number of nitrogens with zero attached hydrogens (tertiary/aromatic N) is 3. The Morgan fingerprint density at radius 3 is 1.45 bits per heavy atom. The van der Waals surface area contributed by atoms with E-state index in [9.17, 15) is 0 Å². The van der Waals surface area contributed by atoms with Gasteiger partial charge in [0.2, 0.25) is 5.96 Å². The summed E-state index contributed by atoms with van der Waals surface area (Å²) in [6.07, 6.45) is 0. The van der Waals surface area contributed by atoms with Crippen LogP contribution in [0.25, 0.3) is 0 Å². The molecule has 0 aliphatic rings. The van der Waals surface area contributed by atoms with E-state index < -0.39 is 0 Å². The van der Waals surface area contributed by atoms with Crippen LogP contribution in [0, 0.1) is 0 Å². The van der Waals surface area contributed by atoms with Gasteiger partial charge in [-0.05, 0) is 46.9 Å². The molecule has 0 fully saturated rings. The van der Waals surface area contributed by atoms with Crippen molar-refractivity contribution in [3.05, 3.63) is 70.8 Å². The second-order valence-electron chi connectivity index (χ2n) is 9.63. The summed E-state index contributed by atoms with van der Waals surface area (Å²) in [5, 5.41) is 12.6. The number of hydrazone groups is 1. The van der Waals surface area contributed by atoms with Gasteiger partial charge in [0.1, 0.15) is 0 Å². The van der Waals surface area contributed by atoms with Crippen molar-refractivity contribution in [3.8, 4) is 0 Å². The van der Waals surface area contributed by atoms with Crippen molar-refractivity contribution in [2.24, 2.45) is 21.0 Å². The highest BCUT2D eigenvalue weighted by atomic mass is 35.5. The Balaban J connectivity index is 0.00000480. The summed E-state index contributed by atoms with van der Waals surface area (Å²) in [6, 6.07) is 16.8. The number of guanidine groups is 1. The van der Waals surface area contributed by atoms with E-state index in [2.05, 4.69) is 111 Å². The van der Waals surface area contributed by atoms with Crippen LogP contribution in [0.2, 0.25) is 0 Å². The summed E-state index contributed by atoms with van der Waals surface area (Å²) in [7, 11) is 0. The van der Waals surface area contributed by atoms with Crippen LogP contribution in [-0.4, -0.2) is 17.4 Å². The molecule has 0 aliphatic carbocycles. The van der Waals surface area contributed by atoms with Gasteiger partial charge in [-0.25, -0.2) is 5.43 Å². The van der Waals surface area contributed by atoms with Gasteiger partial charge in [0, 0.05) is 0 Å². The zero-order valence-electron chi connectivity index (χ0n) is 19.9. The van der Waals surface area contributed by atoms with Crippen LogP contribution < -0.4 is 11.2 Å². The molecule has 0 aromatic heterocycles. The van der Waals surface area contributed by atoms with E-state index in [-0.39, 0.29) is 29.2 Å². The van der Waals surface area contributed by atoms with Crippen molar-refractivity contribution >= 4 is 29.8 Å². The fourth-order valence-electron chi connectivity index (χ4n) is 2.84. The lowest BCUT2D eigenvalue weighted by Gasteiger charge is -2.19. The Morgan fingerprint density at radius 1 is 0.677 bits per heavy atom. The third-order valence-electron chi connectivity index (χ3n) is 4.98. The molecule has 0 saturated heterocycles. The van der Waals surface area contributed by atoms with Crippen molar-refractivity contribution in [3.63, 3.8) is 0 Å². The average Bonchev–Trinajstić information content (AvgIpc) is 2.69. The molecule has 3 N–H and O–H groups in total. The predicted octanol–water partition coefficient (Wildman–Crippen LogP) is 5.76. The molecule has 2 aromatic rings. The standard InChI is InChI=1S/C25H35N5.ClH/c1-17(19-9-13-21(14-10-19)24(3,4)5)27-29-23(26)30-28-18(2)20-11-15-22(16-12-20)25(6,7)8;/h9-16H,1-8H3,(H3,26,29,30);1H. The molecule has 0 amide bonds. The molecule has 2 aromatic carbocycles. The number of rotatable bonds is 4. The minimum atomic E-state index is 0. The van der Waals surface area contributed by atoms with Crippen LogP contribution in [0.3, 0.4) is 0 Å². The highest BCUT2D eigenvalue weighted by Gasteiger charge is 2.14. The topological polar surface area (TPSA) is 75.1 Å². The molecule has 6 heteroatoms. The molecule has 0 aliphatic heterocycles. The third kappa shape index (κ3) is 7.83. The molecule has 168 valence electrons. The summed E-state index contributed by atoms with van der Waals surface area (Å²) in [6.45, 7) is 17.0. The maximum atomic E-state index is 5.91. The number of benzene rings is 2. The van der Waals surface area contributed by atoms with Gasteiger partial charge in [0.05, 0.1) is 11.4 Å². The smallest absolute Gasteiger partial charge is 0.234 e. The monoisotopic (exact) mass is 441 g/mol. The fourth-order valence-corrected chi connectivity index (χ4v) is 2.84. The van der Waals surface area contributed by atoms with Gasteiger partial charge < -0.3 is 5.73 Å². The van der Waals surface area contributed by atoms with Gasteiger partial charge in [0.15, 0.2) is 0 Å². The normalized spacial score (nSPS) is 13.6. The summed E-state index contributed by atoms with van der Waals surface area (Å²) < 4.78 is 0. The van der Waals surface area contributed by atoms with E-state index >= 15 is 0 Å². The molecule has 0 heterocycles. The lowest BCUT2D eigenvalue weighted by molar-refractivity contribution is 0.590. The summed E-state index contributed by atoms with van der Waals surface area (Å²) in [4.78, 5) is 0. The van der Waals surface area contributed by atoms with E-state index in [1.54, 1.807) is 0 Å². The number of hydrogen-bond donors (Lipinski definition) is 2. The maximum absolute atomic E-state index is 5.91. The number of nitrogens with two attached hydrogens (primary N) is 1. The number of hydrogen-bond acceptors (Lipinski definition) is 3. The van der Waals surface area contributed by atoms with Crippen LogP contribution in [0.1, 0.15) is 77.6 Å². The fraction of sp³-hybridized carbons (Fsp3) is 0.400. The first kappa shape index (κ1) is 26.4. The van der Waals surface area contributed by atoms with Crippen molar-refractivity contribution in [1.29, 1.82) is 0 Å². The summed E-state index contributed by atoms with van der Waals surface area (Å²) in [5.41, 5.74) is 15.2. The third-order valence-corrected chi connectivity index (χ3v) is 4.98. The van der Waals surface area contributed by atoms with Crippen molar-refractivity contribution < 1.29 is 0 Å². The summed E-state index contributed by atoms with van der Waals surface area (Å²) in [5.74, 6) is 0.145. The highest BCUT2D eigenvalue weighted by molar-refractivity contribution is 6.00. The highest BCUT2D eigenvalue weighted by Crippen LogP contribution is 2.23. The Kier molecular flexibility index (Phi) is 9.00. The van der Waals surface area contributed by atoms with Gasteiger partial charge in [-0.3, -0.25) is 0 Å². The second kappa shape index (κ2) is 10.6. The van der Waals surface area contributed by atoms with Crippen LogP contribution in [0.15, 0.2) is 63.8 Å². The minimum Gasteiger partial charge on any atom is -0.367 e. The molecule has 0 spiro atoms. The average molecular weight is 442 g/mol. The van der Waals surface area contributed by atoms with E-state index in [1.807, 2.05) is 13.8 Å². The van der Waals surface area contributed by atoms with Crippen molar-refractivity contribution in [2.75, 3.05) is 0 Å². The SMILES string of the molecule is CC(=NN=C(N)NN=C(C)c1ccc(C(C)(C)C)cc1)c1ccc(C(C)(C)C)cc1.Cl. The Morgan fingerprint density at radius 2 is 1.06 bits per heavy atom.